The summed E-state index contributed by atoms with van der Waals surface area (Å²) in [6.45, 7) is 1.82. The lowest BCUT2D eigenvalue weighted by Crippen LogP contribution is -1.71. The van der Waals surface area contributed by atoms with Gasteiger partial charge in [-0.15, -0.1) is 11.3 Å². The first kappa shape index (κ1) is 6.53. The maximum atomic E-state index is 8.34. The molecule has 1 aromatic rings. The van der Waals surface area contributed by atoms with E-state index in [-0.39, 0.29) is 0 Å². The Hall–Kier alpha value is -0.590. The van der Waals surface area contributed by atoms with Crippen molar-refractivity contribution in [2.75, 3.05) is 0 Å². The van der Waals surface area contributed by atoms with Crippen LogP contribution >= 0.6 is 22.9 Å². The van der Waals surface area contributed by atoms with Crippen LogP contribution in [0.1, 0.15) is 10.7 Å². The summed E-state index contributed by atoms with van der Waals surface area (Å²) in [6.07, 6.45) is 0. The predicted molar refractivity (Wildman–Crippen MR) is 36.6 cm³/mol. The van der Waals surface area contributed by atoms with Crippen molar-refractivity contribution in [3.63, 3.8) is 0 Å². The molecule has 0 unspecified atom stereocenters. The van der Waals surface area contributed by atoms with Crippen molar-refractivity contribution in [1.29, 1.82) is 5.26 Å². The second-order valence-corrected chi connectivity index (χ2v) is 3.27. The van der Waals surface area contributed by atoms with E-state index < -0.39 is 0 Å². The molecule has 0 spiro atoms. The number of hydrogen-bond acceptors (Lipinski definition) is 3. The number of hydrogen-bond donors (Lipinski definition) is 0. The lowest BCUT2D eigenvalue weighted by atomic mass is 10.6. The van der Waals surface area contributed by atoms with E-state index in [0.717, 1.165) is 5.01 Å². The predicted octanol–water partition coefficient (Wildman–Crippen LogP) is 1.98. The Morgan fingerprint density at radius 2 is 2.44 bits per heavy atom. The molecule has 0 saturated carbocycles. The third kappa shape index (κ3) is 1.21. The van der Waals surface area contributed by atoms with Gasteiger partial charge in [0.05, 0.1) is 5.01 Å². The molecule has 0 atom stereocenters. The van der Waals surface area contributed by atoms with Crippen molar-refractivity contribution in [3.8, 4) is 6.07 Å². The molecule has 0 radical (unpaired) electrons. The Morgan fingerprint density at radius 3 is 2.67 bits per heavy atom. The number of aryl methyl sites for hydroxylation is 1. The minimum atomic E-state index is 0.333. The minimum absolute atomic E-state index is 0.333. The van der Waals surface area contributed by atoms with E-state index in [1.54, 1.807) is 0 Å². The van der Waals surface area contributed by atoms with Crippen LogP contribution in [-0.2, 0) is 0 Å². The van der Waals surface area contributed by atoms with Gasteiger partial charge in [-0.25, -0.2) is 4.98 Å². The molecular formula is C5H3ClN2S. The Bertz CT molecular complexity index is 260. The van der Waals surface area contributed by atoms with Crippen LogP contribution in [0.15, 0.2) is 0 Å². The van der Waals surface area contributed by atoms with Gasteiger partial charge in [-0.2, -0.15) is 5.26 Å². The Labute approximate surface area is 61.7 Å². The van der Waals surface area contributed by atoms with Gasteiger partial charge in [0.25, 0.3) is 0 Å². The summed E-state index contributed by atoms with van der Waals surface area (Å²) in [7, 11) is 0. The zero-order chi connectivity index (χ0) is 6.85. The number of thiazole rings is 1. The molecule has 0 fully saturated rings. The normalized spacial score (nSPS) is 9.00. The van der Waals surface area contributed by atoms with Crippen molar-refractivity contribution in [2.24, 2.45) is 0 Å². The molecule has 1 rings (SSSR count). The molecule has 4 heteroatoms. The van der Waals surface area contributed by atoms with Crippen LogP contribution < -0.4 is 0 Å². The van der Waals surface area contributed by atoms with Gasteiger partial charge >= 0.3 is 0 Å². The van der Waals surface area contributed by atoms with Crippen molar-refractivity contribution in [2.45, 2.75) is 6.92 Å². The third-order valence-electron chi connectivity index (χ3n) is 0.799. The highest BCUT2D eigenvalue weighted by Gasteiger charge is 2.03. The third-order valence-corrected chi connectivity index (χ3v) is 1.97. The van der Waals surface area contributed by atoms with Crippen LogP contribution in [0.4, 0.5) is 0 Å². The molecule has 0 amide bonds. The zero-order valence-electron chi connectivity index (χ0n) is 4.68. The Balaban J connectivity index is 3.20. The number of rotatable bonds is 0. The van der Waals surface area contributed by atoms with Gasteiger partial charge in [-0.05, 0) is 6.92 Å². The summed E-state index contributed by atoms with van der Waals surface area (Å²) in [5, 5.41) is 9.17. The van der Waals surface area contributed by atoms with E-state index in [1.165, 1.54) is 11.3 Å². The molecule has 0 saturated heterocycles. The SMILES string of the molecule is Cc1nc(C#N)c(Cl)s1. The van der Waals surface area contributed by atoms with Crippen LogP contribution in [0.3, 0.4) is 0 Å². The van der Waals surface area contributed by atoms with Crippen molar-refractivity contribution in [3.05, 3.63) is 15.0 Å². The van der Waals surface area contributed by atoms with Crippen LogP contribution in [0.5, 0.6) is 0 Å². The standard InChI is InChI=1S/C5H3ClN2S/c1-3-8-4(2-7)5(6)9-3/h1H3. The first-order valence-electron chi connectivity index (χ1n) is 2.27. The summed E-state index contributed by atoms with van der Waals surface area (Å²) >= 11 is 6.90. The Kier molecular flexibility index (Phi) is 1.70. The summed E-state index contributed by atoms with van der Waals surface area (Å²) in [5.74, 6) is 0. The maximum absolute atomic E-state index is 8.34. The summed E-state index contributed by atoms with van der Waals surface area (Å²) < 4.78 is 0.481. The van der Waals surface area contributed by atoms with Gasteiger partial charge in [-0.3, -0.25) is 0 Å². The fraction of sp³-hybridized carbons (Fsp3) is 0.200. The van der Waals surface area contributed by atoms with Gasteiger partial charge in [0.2, 0.25) is 0 Å². The quantitative estimate of drug-likeness (QED) is 0.579. The highest BCUT2D eigenvalue weighted by molar-refractivity contribution is 7.16. The molecule has 0 aliphatic heterocycles. The second kappa shape index (κ2) is 2.34. The summed E-state index contributed by atoms with van der Waals surface area (Å²) in [4.78, 5) is 3.85. The Morgan fingerprint density at radius 1 is 1.78 bits per heavy atom. The van der Waals surface area contributed by atoms with Gasteiger partial charge in [-0.1, -0.05) is 11.6 Å². The number of halogens is 1. The molecule has 2 nitrogen and oxygen atoms in total. The first-order valence-corrected chi connectivity index (χ1v) is 3.46. The van der Waals surface area contributed by atoms with Gasteiger partial charge in [0.15, 0.2) is 5.69 Å². The van der Waals surface area contributed by atoms with Crippen molar-refractivity contribution in [1.82, 2.24) is 4.98 Å². The lowest BCUT2D eigenvalue weighted by Gasteiger charge is -1.71. The molecule has 0 aliphatic carbocycles. The summed E-state index contributed by atoms with van der Waals surface area (Å²) in [6, 6.07) is 1.88. The number of nitriles is 1. The fourth-order valence-electron chi connectivity index (χ4n) is 0.471. The molecule has 9 heavy (non-hydrogen) atoms. The molecule has 0 N–H and O–H groups in total. The summed E-state index contributed by atoms with van der Waals surface area (Å²) in [5.41, 5.74) is 0.333. The van der Waals surface area contributed by atoms with Crippen molar-refractivity contribution < 1.29 is 0 Å². The molecule has 1 aromatic heterocycles. The minimum Gasteiger partial charge on any atom is -0.229 e. The van der Waals surface area contributed by atoms with Crippen LogP contribution in [0, 0.1) is 18.3 Å². The maximum Gasteiger partial charge on any atom is 0.170 e. The lowest BCUT2D eigenvalue weighted by molar-refractivity contribution is 1.25. The molecule has 46 valence electrons. The van der Waals surface area contributed by atoms with Gasteiger partial charge in [0, 0.05) is 0 Å². The molecular weight excluding hydrogens is 156 g/mol. The monoisotopic (exact) mass is 158 g/mol. The zero-order valence-corrected chi connectivity index (χ0v) is 6.25. The van der Waals surface area contributed by atoms with E-state index in [2.05, 4.69) is 4.98 Å². The van der Waals surface area contributed by atoms with E-state index >= 15 is 0 Å². The second-order valence-electron chi connectivity index (χ2n) is 1.47. The highest BCUT2D eigenvalue weighted by Crippen LogP contribution is 2.22. The van der Waals surface area contributed by atoms with E-state index in [4.69, 9.17) is 16.9 Å². The molecule has 0 aromatic carbocycles. The van der Waals surface area contributed by atoms with Gasteiger partial charge in [0.1, 0.15) is 10.4 Å². The van der Waals surface area contributed by atoms with E-state index in [1.807, 2.05) is 13.0 Å². The van der Waals surface area contributed by atoms with Crippen LogP contribution in [0.25, 0.3) is 0 Å². The van der Waals surface area contributed by atoms with E-state index in [0.29, 0.717) is 10.0 Å². The number of nitrogens with zero attached hydrogens (tertiary/aromatic N) is 2. The number of aromatic nitrogens is 1. The average Bonchev–Trinajstić information content (AvgIpc) is 2.10. The highest BCUT2D eigenvalue weighted by atomic mass is 35.5. The largest absolute Gasteiger partial charge is 0.229 e. The molecule has 1 heterocycles. The fourth-order valence-corrected chi connectivity index (χ4v) is 1.47. The van der Waals surface area contributed by atoms with Gasteiger partial charge < -0.3 is 0 Å². The van der Waals surface area contributed by atoms with Crippen molar-refractivity contribution >= 4 is 22.9 Å². The van der Waals surface area contributed by atoms with E-state index in [9.17, 15) is 0 Å². The van der Waals surface area contributed by atoms with Crippen LogP contribution in [0.2, 0.25) is 4.34 Å². The first-order chi connectivity index (χ1) is 4.24. The smallest absolute Gasteiger partial charge is 0.170 e. The average molecular weight is 159 g/mol. The molecule has 0 bridgehead atoms. The molecule has 0 aliphatic rings. The van der Waals surface area contributed by atoms with Crippen LogP contribution in [-0.4, -0.2) is 4.98 Å². The topological polar surface area (TPSA) is 36.7 Å².